The number of halogens is 1. The molecule has 0 saturated carbocycles. The van der Waals surface area contributed by atoms with Gasteiger partial charge in [-0.3, -0.25) is 10.0 Å². The Morgan fingerprint density at radius 3 is 2.79 bits per heavy atom. The van der Waals surface area contributed by atoms with Crippen LogP contribution in [0.4, 0.5) is 4.39 Å². The molecule has 1 aromatic carbocycles. The first-order chi connectivity index (χ1) is 13.6. The second-order valence-corrected chi connectivity index (χ2v) is 6.44. The highest BCUT2D eigenvalue weighted by Crippen LogP contribution is 2.25. The van der Waals surface area contributed by atoms with E-state index in [1.54, 1.807) is 23.7 Å². The summed E-state index contributed by atoms with van der Waals surface area (Å²) in [5, 5.41) is 12.0. The molecule has 0 bridgehead atoms. The highest BCUT2D eigenvalue weighted by molar-refractivity contribution is 5.91. The maximum absolute atomic E-state index is 13.3. The lowest BCUT2D eigenvalue weighted by Gasteiger charge is -2.07. The van der Waals surface area contributed by atoms with Crippen LogP contribution in [0.25, 0.3) is 23.0 Å². The van der Waals surface area contributed by atoms with Crippen molar-refractivity contribution in [2.45, 2.75) is 26.3 Å². The van der Waals surface area contributed by atoms with E-state index in [4.69, 9.17) is 10.2 Å². The molecular weight excluding hydrogens is 359 g/mol. The van der Waals surface area contributed by atoms with E-state index in [0.717, 1.165) is 47.5 Å². The van der Waals surface area contributed by atoms with Crippen molar-refractivity contribution in [1.82, 2.24) is 20.2 Å². The zero-order valence-electron chi connectivity index (χ0n) is 15.7. The monoisotopic (exact) mass is 382 g/mol. The molecule has 28 heavy (non-hydrogen) atoms. The number of hydroxylamine groups is 1. The summed E-state index contributed by atoms with van der Waals surface area (Å²) in [5.41, 5.74) is 5.67. The fraction of sp³-hybridized carbons (Fsp3) is 0.238. The molecule has 146 valence electrons. The lowest BCUT2D eigenvalue weighted by molar-refractivity contribution is -0.124. The van der Waals surface area contributed by atoms with E-state index in [1.807, 2.05) is 22.7 Å². The van der Waals surface area contributed by atoms with Crippen LogP contribution in [0, 0.1) is 5.82 Å². The largest absolute Gasteiger partial charge is 0.311 e. The molecule has 2 aromatic heterocycles. The van der Waals surface area contributed by atoms with Gasteiger partial charge < -0.3 is 9.72 Å². The first-order valence-electron chi connectivity index (χ1n) is 9.22. The average Bonchev–Trinajstić information content (AvgIpc) is 3.07. The van der Waals surface area contributed by atoms with Gasteiger partial charge in [-0.2, -0.15) is 0 Å². The minimum atomic E-state index is -0.601. The predicted molar refractivity (Wildman–Crippen MR) is 106 cm³/mol. The summed E-state index contributed by atoms with van der Waals surface area (Å²) in [7, 11) is 0. The van der Waals surface area contributed by atoms with E-state index < -0.39 is 5.91 Å². The minimum Gasteiger partial charge on any atom is -0.311 e. The fourth-order valence-electron chi connectivity index (χ4n) is 2.94. The zero-order chi connectivity index (χ0) is 19.9. The van der Waals surface area contributed by atoms with Gasteiger partial charge in [0.1, 0.15) is 11.5 Å². The molecule has 6 nitrogen and oxygen atoms in total. The van der Waals surface area contributed by atoms with Gasteiger partial charge in [-0.15, -0.1) is 0 Å². The molecule has 0 spiro atoms. The number of hydrogen-bond acceptors (Lipinski definition) is 4. The third kappa shape index (κ3) is 4.62. The Hall–Kier alpha value is -3.03. The topological polar surface area (TPSA) is 78.7 Å². The normalized spacial score (nSPS) is 11.4. The summed E-state index contributed by atoms with van der Waals surface area (Å²) in [6.45, 7) is 3.69. The van der Waals surface area contributed by atoms with E-state index in [2.05, 4.69) is 12.2 Å². The lowest BCUT2D eigenvalue weighted by atomic mass is 10.1. The molecule has 3 rings (SSSR count). The Bertz CT molecular complexity index is 980. The number of hydrogen-bond donors (Lipinski definition) is 3. The van der Waals surface area contributed by atoms with Crippen molar-refractivity contribution in [2.24, 2.45) is 0 Å². The number of nitrogens with zero attached hydrogens (tertiary/aromatic N) is 2. The van der Waals surface area contributed by atoms with Gasteiger partial charge >= 0.3 is 0 Å². The Balaban J connectivity index is 1.99. The summed E-state index contributed by atoms with van der Waals surface area (Å²) >= 11 is 0. The smallest absolute Gasteiger partial charge is 0.267 e. The number of pyridine rings is 1. The van der Waals surface area contributed by atoms with Crippen LogP contribution >= 0.6 is 0 Å². The Kier molecular flexibility index (Phi) is 6.52. The molecule has 2 heterocycles. The van der Waals surface area contributed by atoms with Crippen LogP contribution in [0.5, 0.6) is 0 Å². The Morgan fingerprint density at radius 1 is 1.29 bits per heavy atom. The lowest BCUT2D eigenvalue weighted by Crippen LogP contribution is -2.16. The maximum Gasteiger partial charge on any atom is 0.267 e. The first-order valence-corrected chi connectivity index (χ1v) is 9.22. The van der Waals surface area contributed by atoms with Crippen molar-refractivity contribution in [2.75, 3.05) is 6.54 Å². The third-order valence-corrected chi connectivity index (χ3v) is 4.40. The SMILES string of the molecule is CCCCNCc1c(-c2ccc(F)cc2)nc2cc(/C=C/C(=O)NO)ccn12. The summed E-state index contributed by atoms with van der Waals surface area (Å²) in [6, 6.07) is 10.0. The summed E-state index contributed by atoms with van der Waals surface area (Å²) in [5.74, 6) is -0.888. The molecule has 0 aliphatic carbocycles. The molecule has 1 amide bonds. The highest BCUT2D eigenvalue weighted by Gasteiger charge is 2.14. The quantitative estimate of drug-likeness (QED) is 0.241. The molecular formula is C21H23FN4O2. The van der Waals surface area contributed by atoms with Crippen molar-refractivity contribution >= 4 is 17.6 Å². The molecule has 0 atom stereocenters. The van der Waals surface area contributed by atoms with Crippen LogP contribution < -0.4 is 10.8 Å². The van der Waals surface area contributed by atoms with Crippen LogP contribution in [-0.2, 0) is 11.3 Å². The van der Waals surface area contributed by atoms with Gasteiger partial charge in [-0.05, 0) is 61.0 Å². The molecule has 3 aromatic rings. The standard InChI is InChI=1S/C21H23FN4O2/c1-2-3-11-23-14-18-21(16-5-7-17(22)8-6-16)24-19-13-15(10-12-26(18)19)4-9-20(27)25-28/h4-10,12-13,23,28H,2-3,11,14H2,1H3,(H,25,27)/b9-4+. The molecule has 7 heteroatoms. The van der Waals surface area contributed by atoms with Gasteiger partial charge in [0.15, 0.2) is 0 Å². The number of benzene rings is 1. The maximum atomic E-state index is 13.3. The number of imidazole rings is 1. The molecule has 0 saturated heterocycles. The van der Waals surface area contributed by atoms with Crippen LogP contribution in [0.3, 0.4) is 0 Å². The van der Waals surface area contributed by atoms with E-state index in [1.165, 1.54) is 18.2 Å². The van der Waals surface area contributed by atoms with Gasteiger partial charge in [0.25, 0.3) is 5.91 Å². The van der Waals surface area contributed by atoms with Gasteiger partial charge in [0.05, 0.1) is 11.4 Å². The van der Waals surface area contributed by atoms with Crippen LogP contribution in [0.1, 0.15) is 31.0 Å². The number of unbranched alkanes of at least 4 members (excludes halogenated alkanes) is 1. The number of nitrogens with one attached hydrogen (secondary N) is 2. The Labute approximate surface area is 162 Å². The molecule has 0 aliphatic heterocycles. The van der Waals surface area contributed by atoms with Gasteiger partial charge in [-0.1, -0.05) is 13.3 Å². The van der Waals surface area contributed by atoms with Gasteiger partial charge in [0.2, 0.25) is 0 Å². The molecule has 0 aliphatic rings. The number of amides is 1. The summed E-state index contributed by atoms with van der Waals surface area (Å²) in [6.07, 6.45) is 6.93. The zero-order valence-corrected chi connectivity index (χ0v) is 15.7. The summed E-state index contributed by atoms with van der Waals surface area (Å²) < 4.78 is 15.3. The van der Waals surface area contributed by atoms with Gasteiger partial charge in [-0.25, -0.2) is 14.9 Å². The number of carbonyl (C=O) groups is 1. The van der Waals surface area contributed by atoms with Crippen molar-refractivity contribution in [1.29, 1.82) is 0 Å². The molecule has 0 fully saturated rings. The molecule has 3 N–H and O–H groups in total. The number of fused-ring (bicyclic) bond motifs is 1. The van der Waals surface area contributed by atoms with Crippen molar-refractivity contribution in [3.8, 4) is 11.3 Å². The van der Waals surface area contributed by atoms with Crippen LogP contribution in [-0.4, -0.2) is 27.0 Å². The van der Waals surface area contributed by atoms with Crippen LogP contribution in [0.2, 0.25) is 0 Å². The minimum absolute atomic E-state index is 0.287. The number of carbonyl (C=O) groups excluding carboxylic acids is 1. The second kappa shape index (κ2) is 9.25. The Morgan fingerprint density at radius 2 is 2.07 bits per heavy atom. The van der Waals surface area contributed by atoms with Gasteiger partial charge in [0, 0.05) is 24.4 Å². The number of rotatable bonds is 8. The molecule has 0 radical (unpaired) electrons. The fourth-order valence-corrected chi connectivity index (χ4v) is 2.94. The van der Waals surface area contributed by atoms with E-state index in [9.17, 15) is 9.18 Å². The van der Waals surface area contributed by atoms with Crippen molar-refractivity contribution < 1.29 is 14.4 Å². The van der Waals surface area contributed by atoms with Crippen molar-refractivity contribution in [3.05, 3.63) is 65.7 Å². The summed E-state index contributed by atoms with van der Waals surface area (Å²) in [4.78, 5) is 15.9. The molecule has 0 unspecified atom stereocenters. The van der Waals surface area contributed by atoms with E-state index in [-0.39, 0.29) is 5.82 Å². The van der Waals surface area contributed by atoms with Crippen molar-refractivity contribution in [3.63, 3.8) is 0 Å². The third-order valence-electron chi connectivity index (χ3n) is 4.40. The van der Waals surface area contributed by atoms with E-state index >= 15 is 0 Å². The predicted octanol–water partition coefficient (Wildman–Crippen LogP) is 3.55. The van der Waals surface area contributed by atoms with Crippen LogP contribution in [0.15, 0.2) is 48.7 Å². The highest BCUT2D eigenvalue weighted by atomic mass is 19.1. The average molecular weight is 382 g/mol. The first kappa shape index (κ1) is 19.7. The number of aromatic nitrogens is 2. The van der Waals surface area contributed by atoms with E-state index in [0.29, 0.717) is 6.54 Å². The second-order valence-electron chi connectivity index (χ2n) is 6.44.